The first kappa shape index (κ1) is 14.1. The summed E-state index contributed by atoms with van der Waals surface area (Å²) in [5.74, 6) is 0. The number of hydrogen-bond acceptors (Lipinski definition) is 2. The smallest absolute Gasteiger partial charge is 0.0857 e. The fourth-order valence-corrected chi connectivity index (χ4v) is 1.05. The lowest BCUT2D eigenvalue weighted by Crippen LogP contribution is -1.62. The second kappa shape index (κ2) is 11.5. The molecule has 2 aromatic carbocycles. The SMILES string of the molecule is CC.CC.[2H]c1ccc(N=Nc2ccccc2)cc1. The Balaban J connectivity index is 0.000000741. The summed E-state index contributed by atoms with van der Waals surface area (Å²) in [7, 11) is 0. The molecule has 0 aliphatic carbocycles. The number of nitrogens with zero attached hydrogens (tertiary/aromatic N) is 2. The Kier molecular flexibility index (Phi) is 9.03. The molecule has 0 bridgehead atoms. The summed E-state index contributed by atoms with van der Waals surface area (Å²) in [6.45, 7) is 8.00. The molecule has 2 rings (SSSR count). The average molecular weight is 243 g/mol. The van der Waals surface area contributed by atoms with E-state index in [0.717, 1.165) is 11.4 Å². The summed E-state index contributed by atoms with van der Waals surface area (Å²) in [4.78, 5) is 0. The summed E-state index contributed by atoms with van der Waals surface area (Å²) in [6, 6.07) is 17.0. The quantitative estimate of drug-likeness (QED) is 0.565. The molecule has 0 spiro atoms. The largest absolute Gasteiger partial charge is 0.151 e. The van der Waals surface area contributed by atoms with Crippen molar-refractivity contribution in [3.63, 3.8) is 0 Å². The van der Waals surface area contributed by atoms with Crippen LogP contribution in [0.2, 0.25) is 0 Å². The van der Waals surface area contributed by atoms with Gasteiger partial charge in [-0.05, 0) is 24.3 Å². The number of hydrogen-bond donors (Lipinski definition) is 0. The summed E-state index contributed by atoms with van der Waals surface area (Å²) < 4.78 is 7.32. The van der Waals surface area contributed by atoms with Crippen molar-refractivity contribution in [3.8, 4) is 0 Å². The molecule has 2 nitrogen and oxygen atoms in total. The van der Waals surface area contributed by atoms with Gasteiger partial charge in [-0.25, -0.2) is 0 Å². The van der Waals surface area contributed by atoms with Crippen LogP contribution >= 0.6 is 0 Å². The molecular weight excluding hydrogens is 220 g/mol. The molecule has 0 saturated carbocycles. The van der Waals surface area contributed by atoms with E-state index in [-0.39, 0.29) is 0 Å². The van der Waals surface area contributed by atoms with Crippen molar-refractivity contribution in [2.24, 2.45) is 10.2 Å². The third kappa shape index (κ3) is 6.59. The second-order valence-corrected chi connectivity index (χ2v) is 2.79. The van der Waals surface area contributed by atoms with Crippen molar-refractivity contribution in [2.45, 2.75) is 27.7 Å². The molecule has 18 heavy (non-hydrogen) atoms. The van der Waals surface area contributed by atoms with Crippen molar-refractivity contribution in [1.29, 1.82) is 0 Å². The van der Waals surface area contributed by atoms with Crippen LogP contribution in [-0.2, 0) is 0 Å². The van der Waals surface area contributed by atoms with E-state index in [2.05, 4.69) is 10.2 Å². The van der Waals surface area contributed by atoms with E-state index < -0.39 is 0 Å². The van der Waals surface area contributed by atoms with Gasteiger partial charge in [0.1, 0.15) is 0 Å². The Morgan fingerprint density at radius 1 is 0.667 bits per heavy atom. The Bertz CT molecular complexity index is 450. The van der Waals surface area contributed by atoms with E-state index >= 15 is 0 Å². The minimum atomic E-state index is 0.480. The standard InChI is InChI=1S/C12H10N2.2C2H6/c1-3-7-11(8-4-1)13-14-12-9-5-2-6-10-12;2*1-2/h1-10H;2*1-2H3/i1D;;. The maximum atomic E-state index is 7.32. The Hall–Kier alpha value is -1.96. The van der Waals surface area contributed by atoms with Crippen molar-refractivity contribution in [2.75, 3.05) is 0 Å². The van der Waals surface area contributed by atoms with Crippen LogP contribution in [0.3, 0.4) is 0 Å². The van der Waals surface area contributed by atoms with E-state index in [4.69, 9.17) is 1.37 Å². The predicted octanol–water partition coefficient (Wildman–Crippen LogP) is 6.15. The van der Waals surface area contributed by atoms with Crippen molar-refractivity contribution in [3.05, 3.63) is 60.6 Å². The van der Waals surface area contributed by atoms with E-state index in [1.807, 2.05) is 58.0 Å². The molecule has 96 valence electrons. The normalized spacial score (nSPS) is 9.67. The lowest BCUT2D eigenvalue weighted by molar-refractivity contribution is 1.23. The van der Waals surface area contributed by atoms with E-state index in [0.29, 0.717) is 6.04 Å². The minimum absolute atomic E-state index is 0.480. The second-order valence-electron chi connectivity index (χ2n) is 2.79. The molecule has 0 fully saturated rings. The van der Waals surface area contributed by atoms with Crippen LogP contribution < -0.4 is 0 Å². The zero-order valence-electron chi connectivity index (χ0n) is 12.6. The van der Waals surface area contributed by atoms with Gasteiger partial charge in [0.15, 0.2) is 0 Å². The van der Waals surface area contributed by atoms with Gasteiger partial charge in [0.2, 0.25) is 0 Å². The van der Waals surface area contributed by atoms with Gasteiger partial charge in [0.05, 0.1) is 12.7 Å². The zero-order chi connectivity index (χ0) is 14.5. The highest BCUT2D eigenvalue weighted by atomic mass is 15.1. The summed E-state index contributed by atoms with van der Waals surface area (Å²) >= 11 is 0. The molecule has 0 saturated heterocycles. The van der Waals surface area contributed by atoms with Crippen LogP contribution in [-0.4, -0.2) is 0 Å². The van der Waals surface area contributed by atoms with Gasteiger partial charge in [0.25, 0.3) is 0 Å². The van der Waals surface area contributed by atoms with Crippen molar-refractivity contribution in [1.82, 2.24) is 0 Å². The average Bonchev–Trinajstić information content (AvgIpc) is 2.52. The van der Waals surface area contributed by atoms with Crippen LogP contribution in [0, 0.1) is 0 Å². The molecule has 0 unspecified atom stereocenters. The van der Waals surface area contributed by atoms with E-state index in [1.165, 1.54) is 0 Å². The van der Waals surface area contributed by atoms with Crippen LogP contribution in [0.4, 0.5) is 11.4 Å². The summed E-state index contributed by atoms with van der Waals surface area (Å²) in [5.41, 5.74) is 1.59. The van der Waals surface area contributed by atoms with Crippen LogP contribution in [0.25, 0.3) is 0 Å². The van der Waals surface area contributed by atoms with Crippen LogP contribution in [0.5, 0.6) is 0 Å². The fourth-order valence-electron chi connectivity index (χ4n) is 1.05. The third-order valence-electron chi connectivity index (χ3n) is 1.74. The molecule has 0 atom stereocenters. The highest BCUT2D eigenvalue weighted by Crippen LogP contribution is 2.16. The molecular formula is C16H22N2. The highest BCUT2D eigenvalue weighted by Gasteiger charge is 1.86. The van der Waals surface area contributed by atoms with Crippen molar-refractivity contribution >= 4 is 11.4 Å². The number of benzene rings is 2. The lowest BCUT2D eigenvalue weighted by Gasteiger charge is -1.91. The van der Waals surface area contributed by atoms with Gasteiger partial charge < -0.3 is 0 Å². The Morgan fingerprint density at radius 2 is 1.06 bits per heavy atom. The third-order valence-corrected chi connectivity index (χ3v) is 1.74. The first-order chi connectivity index (χ1) is 9.34. The molecule has 2 heteroatoms. The van der Waals surface area contributed by atoms with E-state index in [1.54, 1.807) is 24.3 Å². The zero-order valence-corrected chi connectivity index (χ0v) is 11.6. The minimum Gasteiger partial charge on any atom is -0.151 e. The Morgan fingerprint density at radius 3 is 1.50 bits per heavy atom. The van der Waals surface area contributed by atoms with Gasteiger partial charge in [0, 0.05) is 0 Å². The maximum Gasteiger partial charge on any atom is 0.0857 e. The van der Waals surface area contributed by atoms with Gasteiger partial charge in [-0.1, -0.05) is 64.1 Å². The fraction of sp³-hybridized carbons (Fsp3) is 0.250. The van der Waals surface area contributed by atoms with Gasteiger partial charge in [-0.2, -0.15) is 10.2 Å². The molecule has 0 aliphatic heterocycles. The maximum absolute atomic E-state index is 7.32. The monoisotopic (exact) mass is 243 g/mol. The topological polar surface area (TPSA) is 24.7 Å². The molecule has 0 radical (unpaired) electrons. The molecule has 0 amide bonds. The molecule has 2 aromatic rings. The number of rotatable bonds is 2. The van der Waals surface area contributed by atoms with Crippen LogP contribution in [0.1, 0.15) is 29.1 Å². The first-order valence-electron chi connectivity index (χ1n) is 6.88. The van der Waals surface area contributed by atoms with Crippen molar-refractivity contribution < 1.29 is 1.37 Å². The van der Waals surface area contributed by atoms with Gasteiger partial charge >= 0.3 is 0 Å². The van der Waals surface area contributed by atoms with Gasteiger partial charge in [-0.15, -0.1) is 0 Å². The van der Waals surface area contributed by atoms with Gasteiger partial charge in [-0.3, -0.25) is 0 Å². The predicted molar refractivity (Wildman–Crippen MR) is 79.8 cm³/mol. The molecule has 0 heterocycles. The first-order valence-corrected chi connectivity index (χ1v) is 6.38. The summed E-state index contributed by atoms with van der Waals surface area (Å²) in [5, 5.41) is 8.13. The molecule has 0 N–H and O–H groups in total. The van der Waals surface area contributed by atoms with Crippen LogP contribution in [0.15, 0.2) is 70.9 Å². The lowest BCUT2D eigenvalue weighted by atomic mass is 10.3. The highest BCUT2D eigenvalue weighted by molar-refractivity contribution is 5.39. The Labute approximate surface area is 112 Å². The number of azo groups is 1. The molecule has 0 aromatic heterocycles. The summed E-state index contributed by atoms with van der Waals surface area (Å²) in [6.07, 6.45) is 0. The van der Waals surface area contributed by atoms with E-state index in [9.17, 15) is 0 Å². The molecule has 0 aliphatic rings.